The first-order chi connectivity index (χ1) is 7.83. The Bertz CT molecular complexity index is 369. The van der Waals surface area contributed by atoms with Crippen LogP contribution in [0.4, 0.5) is 4.39 Å². The van der Waals surface area contributed by atoms with Gasteiger partial charge < -0.3 is 0 Å². The fourth-order valence-corrected chi connectivity index (χ4v) is 1.84. The molecule has 0 aliphatic heterocycles. The topological polar surface area (TPSA) is 38.0 Å². The highest BCUT2D eigenvalue weighted by atomic mass is 19.1. The third kappa shape index (κ3) is 4.44. The standard InChI is InChI=1S/C14H23FN2/c1-10-5-6-12(15)11(9-10)13(17-16)7-8-14(2,3)4/h5-6,9,13,17H,7-8,16H2,1-4H3. The summed E-state index contributed by atoms with van der Waals surface area (Å²) in [5, 5.41) is 0. The van der Waals surface area contributed by atoms with Gasteiger partial charge in [0.2, 0.25) is 0 Å². The van der Waals surface area contributed by atoms with Crippen molar-refractivity contribution in [2.75, 3.05) is 0 Å². The number of rotatable bonds is 4. The molecule has 0 aliphatic rings. The van der Waals surface area contributed by atoms with Crippen LogP contribution in [0.1, 0.15) is 50.8 Å². The lowest BCUT2D eigenvalue weighted by atomic mass is 9.87. The van der Waals surface area contributed by atoms with Crippen LogP contribution in [-0.4, -0.2) is 0 Å². The molecule has 0 saturated carbocycles. The van der Waals surface area contributed by atoms with Crippen LogP contribution >= 0.6 is 0 Å². The molecule has 0 amide bonds. The number of hydrogen-bond acceptors (Lipinski definition) is 2. The van der Waals surface area contributed by atoms with Crippen LogP contribution in [0.15, 0.2) is 18.2 Å². The predicted octanol–water partition coefficient (Wildman–Crippen LogP) is 3.46. The molecule has 3 N–H and O–H groups in total. The monoisotopic (exact) mass is 238 g/mol. The lowest BCUT2D eigenvalue weighted by molar-refractivity contribution is 0.330. The zero-order valence-corrected chi connectivity index (χ0v) is 11.2. The summed E-state index contributed by atoms with van der Waals surface area (Å²) in [6.07, 6.45) is 1.83. The number of aryl methyl sites for hydroxylation is 1. The molecule has 0 bridgehead atoms. The molecule has 2 nitrogen and oxygen atoms in total. The quantitative estimate of drug-likeness (QED) is 0.622. The van der Waals surface area contributed by atoms with E-state index in [-0.39, 0.29) is 17.3 Å². The van der Waals surface area contributed by atoms with Crippen molar-refractivity contribution >= 4 is 0 Å². The highest BCUT2D eigenvalue weighted by Crippen LogP contribution is 2.28. The highest BCUT2D eigenvalue weighted by molar-refractivity contribution is 5.26. The summed E-state index contributed by atoms with van der Waals surface area (Å²) >= 11 is 0. The summed E-state index contributed by atoms with van der Waals surface area (Å²) in [7, 11) is 0. The minimum atomic E-state index is -0.188. The number of benzene rings is 1. The normalized spacial score (nSPS) is 13.8. The van der Waals surface area contributed by atoms with E-state index in [1.165, 1.54) is 6.07 Å². The largest absolute Gasteiger partial charge is 0.271 e. The minimum absolute atomic E-state index is 0.117. The van der Waals surface area contributed by atoms with Gasteiger partial charge in [-0.1, -0.05) is 38.5 Å². The predicted molar refractivity (Wildman–Crippen MR) is 69.9 cm³/mol. The summed E-state index contributed by atoms with van der Waals surface area (Å²) in [6, 6.07) is 5.03. The van der Waals surface area contributed by atoms with E-state index in [4.69, 9.17) is 5.84 Å². The Hall–Kier alpha value is -0.930. The maximum atomic E-state index is 13.7. The van der Waals surface area contributed by atoms with E-state index >= 15 is 0 Å². The van der Waals surface area contributed by atoms with Crippen LogP contribution < -0.4 is 11.3 Å². The third-order valence-electron chi connectivity index (χ3n) is 2.91. The van der Waals surface area contributed by atoms with Gasteiger partial charge in [-0.2, -0.15) is 0 Å². The molecule has 1 atom stereocenters. The van der Waals surface area contributed by atoms with Crippen LogP contribution in [0, 0.1) is 18.2 Å². The molecule has 1 rings (SSSR count). The van der Waals surface area contributed by atoms with Crippen molar-refractivity contribution in [3.05, 3.63) is 35.1 Å². The lowest BCUT2D eigenvalue weighted by Crippen LogP contribution is -2.29. The molecule has 96 valence electrons. The van der Waals surface area contributed by atoms with E-state index in [0.717, 1.165) is 18.4 Å². The molecular weight excluding hydrogens is 215 g/mol. The first-order valence-electron chi connectivity index (χ1n) is 6.05. The second kappa shape index (κ2) is 5.61. The number of halogens is 1. The van der Waals surface area contributed by atoms with Gasteiger partial charge in [0.05, 0.1) is 0 Å². The molecule has 0 heterocycles. The Morgan fingerprint density at radius 3 is 2.53 bits per heavy atom. The fourth-order valence-electron chi connectivity index (χ4n) is 1.84. The molecule has 0 radical (unpaired) electrons. The molecule has 17 heavy (non-hydrogen) atoms. The molecule has 0 saturated heterocycles. The number of hydrogen-bond donors (Lipinski definition) is 2. The van der Waals surface area contributed by atoms with Gasteiger partial charge in [-0.25, -0.2) is 4.39 Å². The van der Waals surface area contributed by atoms with Gasteiger partial charge in [0, 0.05) is 11.6 Å². The maximum absolute atomic E-state index is 13.7. The van der Waals surface area contributed by atoms with E-state index in [2.05, 4.69) is 26.2 Å². The summed E-state index contributed by atoms with van der Waals surface area (Å²) in [5.41, 5.74) is 4.67. The van der Waals surface area contributed by atoms with Crippen LogP contribution in [-0.2, 0) is 0 Å². The van der Waals surface area contributed by atoms with E-state index in [1.807, 2.05) is 13.0 Å². The van der Waals surface area contributed by atoms with E-state index in [1.54, 1.807) is 6.07 Å². The number of hydrazine groups is 1. The van der Waals surface area contributed by atoms with Gasteiger partial charge in [-0.05, 0) is 31.2 Å². The van der Waals surface area contributed by atoms with Crippen molar-refractivity contribution in [2.24, 2.45) is 11.3 Å². The number of nitrogens with two attached hydrogens (primary N) is 1. The highest BCUT2D eigenvalue weighted by Gasteiger charge is 2.18. The van der Waals surface area contributed by atoms with Crippen molar-refractivity contribution in [1.82, 2.24) is 5.43 Å². The molecular formula is C14H23FN2. The Morgan fingerprint density at radius 2 is 2.00 bits per heavy atom. The van der Waals surface area contributed by atoms with E-state index in [0.29, 0.717) is 5.56 Å². The molecule has 0 spiro atoms. The van der Waals surface area contributed by atoms with Crippen molar-refractivity contribution in [1.29, 1.82) is 0 Å². The SMILES string of the molecule is Cc1ccc(F)c(C(CCC(C)(C)C)NN)c1. The maximum Gasteiger partial charge on any atom is 0.128 e. The van der Waals surface area contributed by atoms with Crippen LogP contribution in [0.25, 0.3) is 0 Å². The van der Waals surface area contributed by atoms with Crippen LogP contribution in [0.5, 0.6) is 0 Å². The molecule has 1 unspecified atom stereocenters. The van der Waals surface area contributed by atoms with Crippen molar-refractivity contribution in [2.45, 2.75) is 46.6 Å². The average Bonchev–Trinajstić information content (AvgIpc) is 2.22. The molecule has 0 aliphatic carbocycles. The van der Waals surface area contributed by atoms with Crippen molar-refractivity contribution < 1.29 is 4.39 Å². The van der Waals surface area contributed by atoms with Crippen molar-refractivity contribution in [3.63, 3.8) is 0 Å². The third-order valence-corrected chi connectivity index (χ3v) is 2.91. The van der Waals surface area contributed by atoms with Crippen LogP contribution in [0.3, 0.4) is 0 Å². The van der Waals surface area contributed by atoms with Gasteiger partial charge in [-0.15, -0.1) is 0 Å². The average molecular weight is 238 g/mol. The number of nitrogens with one attached hydrogen (secondary N) is 1. The summed E-state index contributed by atoms with van der Waals surface area (Å²) in [4.78, 5) is 0. The second-order valence-electron chi connectivity index (χ2n) is 5.84. The van der Waals surface area contributed by atoms with Gasteiger partial charge >= 0.3 is 0 Å². The molecule has 1 aromatic carbocycles. The van der Waals surface area contributed by atoms with Crippen LogP contribution in [0.2, 0.25) is 0 Å². The first-order valence-corrected chi connectivity index (χ1v) is 6.05. The summed E-state index contributed by atoms with van der Waals surface area (Å²) < 4.78 is 13.7. The van der Waals surface area contributed by atoms with E-state index in [9.17, 15) is 4.39 Å². The lowest BCUT2D eigenvalue weighted by Gasteiger charge is -2.23. The Labute approximate surface area is 103 Å². The summed E-state index contributed by atoms with van der Waals surface area (Å²) in [5.74, 6) is 5.35. The Kier molecular flexibility index (Phi) is 4.66. The summed E-state index contributed by atoms with van der Waals surface area (Å²) in [6.45, 7) is 8.48. The second-order valence-corrected chi connectivity index (χ2v) is 5.84. The van der Waals surface area contributed by atoms with Gasteiger partial charge in [0.1, 0.15) is 5.82 Å². The molecule has 0 fully saturated rings. The zero-order chi connectivity index (χ0) is 13.1. The smallest absolute Gasteiger partial charge is 0.128 e. The fraction of sp³-hybridized carbons (Fsp3) is 0.571. The minimum Gasteiger partial charge on any atom is -0.271 e. The van der Waals surface area contributed by atoms with Gasteiger partial charge in [-0.3, -0.25) is 11.3 Å². The van der Waals surface area contributed by atoms with E-state index < -0.39 is 0 Å². The van der Waals surface area contributed by atoms with Gasteiger partial charge in [0.25, 0.3) is 0 Å². The Morgan fingerprint density at radius 1 is 1.35 bits per heavy atom. The zero-order valence-electron chi connectivity index (χ0n) is 11.2. The first kappa shape index (κ1) is 14.1. The Balaban J connectivity index is 2.82. The molecule has 1 aromatic rings. The molecule has 0 aromatic heterocycles. The van der Waals surface area contributed by atoms with Crippen molar-refractivity contribution in [3.8, 4) is 0 Å². The van der Waals surface area contributed by atoms with Gasteiger partial charge in [0.15, 0.2) is 0 Å². The molecule has 3 heteroatoms.